The minimum atomic E-state index is -0.779. The third-order valence-electron chi connectivity index (χ3n) is 3.54. The van der Waals surface area contributed by atoms with E-state index in [2.05, 4.69) is 20.9 Å². The standard InChI is InChI=1S/C17H14BrNO2/c18-14-8-4-7-12-13(9-10-15(20)21)16(19-17(12)14)11-5-2-1-3-6-11/h1-8,19H,9-10H2,(H,20,21). The Balaban J connectivity index is 2.20. The molecule has 0 bridgehead atoms. The van der Waals surface area contributed by atoms with E-state index in [1.165, 1.54) is 0 Å². The van der Waals surface area contributed by atoms with Gasteiger partial charge in [0.2, 0.25) is 0 Å². The van der Waals surface area contributed by atoms with Gasteiger partial charge in [-0.1, -0.05) is 42.5 Å². The van der Waals surface area contributed by atoms with Crippen LogP contribution in [0.1, 0.15) is 12.0 Å². The van der Waals surface area contributed by atoms with E-state index in [-0.39, 0.29) is 6.42 Å². The molecule has 0 radical (unpaired) electrons. The maximum atomic E-state index is 10.9. The van der Waals surface area contributed by atoms with Crippen molar-refractivity contribution in [2.45, 2.75) is 12.8 Å². The van der Waals surface area contributed by atoms with Crippen molar-refractivity contribution >= 4 is 32.8 Å². The Morgan fingerprint density at radius 1 is 1.10 bits per heavy atom. The zero-order chi connectivity index (χ0) is 14.8. The van der Waals surface area contributed by atoms with Gasteiger partial charge in [0.1, 0.15) is 0 Å². The van der Waals surface area contributed by atoms with Gasteiger partial charge in [-0.05, 0) is 39.5 Å². The monoisotopic (exact) mass is 343 g/mol. The van der Waals surface area contributed by atoms with Crippen LogP contribution in [0.5, 0.6) is 0 Å². The summed E-state index contributed by atoms with van der Waals surface area (Å²) >= 11 is 3.55. The number of carboxylic acid groups (broad SMARTS) is 1. The van der Waals surface area contributed by atoms with Crippen molar-refractivity contribution in [2.75, 3.05) is 0 Å². The molecule has 106 valence electrons. The number of H-pyrrole nitrogens is 1. The van der Waals surface area contributed by atoms with Crippen LogP contribution in [0.4, 0.5) is 0 Å². The molecule has 3 aromatic rings. The Labute approximate surface area is 130 Å². The molecule has 3 rings (SSSR count). The Kier molecular flexibility index (Phi) is 3.80. The van der Waals surface area contributed by atoms with E-state index < -0.39 is 5.97 Å². The van der Waals surface area contributed by atoms with E-state index in [9.17, 15) is 4.79 Å². The molecule has 0 fully saturated rings. The first-order valence-electron chi connectivity index (χ1n) is 6.73. The largest absolute Gasteiger partial charge is 0.481 e. The summed E-state index contributed by atoms with van der Waals surface area (Å²) < 4.78 is 0.985. The molecule has 0 amide bonds. The van der Waals surface area contributed by atoms with Crippen LogP contribution >= 0.6 is 15.9 Å². The summed E-state index contributed by atoms with van der Waals surface area (Å²) in [6.07, 6.45) is 0.634. The molecule has 21 heavy (non-hydrogen) atoms. The number of carboxylic acids is 1. The zero-order valence-corrected chi connectivity index (χ0v) is 12.9. The summed E-state index contributed by atoms with van der Waals surface area (Å²) in [6.45, 7) is 0. The number of carbonyl (C=O) groups is 1. The van der Waals surface area contributed by atoms with Gasteiger partial charge in [-0.2, -0.15) is 0 Å². The summed E-state index contributed by atoms with van der Waals surface area (Å²) in [7, 11) is 0. The first-order chi connectivity index (χ1) is 10.2. The van der Waals surface area contributed by atoms with E-state index >= 15 is 0 Å². The molecule has 0 aliphatic carbocycles. The number of benzene rings is 2. The van der Waals surface area contributed by atoms with Gasteiger partial charge >= 0.3 is 5.97 Å². The van der Waals surface area contributed by atoms with Crippen LogP contribution in [0.15, 0.2) is 53.0 Å². The normalized spacial score (nSPS) is 10.9. The van der Waals surface area contributed by atoms with Crippen molar-refractivity contribution in [3.05, 3.63) is 58.6 Å². The Morgan fingerprint density at radius 3 is 2.57 bits per heavy atom. The lowest BCUT2D eigenvalue weighted by Gasteiger charge is -2.03. The highest BCUT2D eigenvalue weighted by Gasteiger charge is 2.15. The predicted molar refractivity (Wildman–Crippen MR) is 87.4 cm³/mol. The lowest BCUT2D eigenvalue weighted by molar-refractivity contribution is -0.136. The molecule has 1 aromatic heterocycles. The lowest BCUT2D eigenvalue weighted by Crippen LogP contribution is -1.98. The van der Waals surface area contributed by atoms with Gasteiger partial charge in [-0.25, -0.2) is 0 Å². The molecule has 1 heterocycles. The van der Waals surface area contributed by atoms with Crippen LogP contribution in [0.25, 0.3) is 22.2 Å². The molecule has 0 aliphatic rings. The maximum Gasteiger partial charge on any atom is 0.303 e. The average Bonchev–Trinajstić information content (AvgIpc) is 2.86. The van der Waals surface area contributed by atoms with E-state index in [4.69, 9.17) is 5.11 Å². The van der Waals surface area contributed by atoms with Crippen LogP contribution in [0.2, 0.25) is 0 Å². The van der Waals surface area contributed by atoms with Crippen molar-refractivity contribution in [1.82, 2.24) is 4.98 Å². The number of hydrogen-bond acceptors (Lipinski definition) is 1. The first-order valence-corrected chi connectivity index (χ1v) is 7.52. The molecule has 0 unspecified atom stereocenters. The molecule has 0 atom stereocenters. The fraction of sp³-hybridized carbons (Fsp3) is 0.118. The third-order valence-corrected chi connectivity index (χ3v) is 4.20. The molecule has 0 saturated heterocycles. The summed E-state index contributed by atoms with van der Waals surface area (Å²) in [5.41, 5.74) is 4.14. The highest BCUT2D eigenvalue weighted by Crippen LogP contribution is 2.34. The van der Waals surface area contributed by atoms with Crippen LogP contribution in [0, 0.1) is 0 Å². The number of halogens is 1. The lowest BCUT2D eigenvalue weighted by atomic mass is 10.0. The third kappa shape index (κ3) is 2.72. The number of nitrogens with one attached hydrogen (secondary N) is 1. The zero-order valence-electron chi connectivity index (χ0n) is 11.3. The Morgan fingerprint density at radius 2 is 1.86 bits per heavy atom. The van der Waals surface area contributed by atoms with Crippen LogP contribution in [0.3, 0.4) is 0 Å². The van der Waals surface area contributed by atoms with Crippen molar-refractivity contribution in [3.8, 4) is 11.3 Å². The molecule has 0 saturated carbocycles. The molecule has 3 nitrogen and oxygen atoms in total. The van der Waals surface area contributed by atoms with Crippen molar-refractivity contribution in [3.63, 3.8) is 0 Å². The number of fused-ring (bicyclic) bond motifs is 1. The molecule has 0 spiro atoms. The second-order valence-electron chi connectivity index (χ2n) is 4.90. The topological polar surface area (TPSA) is 53.1 Å². The van der Waals surface area contributed by atoms with Gasteiger partial charge in [0.05, 0.1) is 5.52 Å². The van der Waals surface area contributed by atoms with Crippen LogP contribution in [-0.2, 0) is 11.2 Å². The number of para-hydroxylation sites is 1. The molecule has 2 N–H and O–H groups in total. The van der Waals surface area contributed by atoms with E-state index in [0.29, 0.717) is 6.42 Å². The number of rotatable bonds is 4. The SMILES string of the molecule is O=C(O)CCc1c(-c2ccccc2)[nH]c2c(Br)cccc12. The smallest absolute Gasteiger partial charge is 0.303 e. The highest BCUT2D eigenvalue weighted by molar-refractivity contribution is 9.10. The summed E-state index contributed by atoms with van der Waals surface area (Å²) in [5.74, 6) is -0.779. The fourth-order valence-electron chi connectivity index (χ4n) is 2.58. The van der Waals surface area contributed by atoms with E-state index in [1.807, 2.05) is 48.5 Å². The summed E-state index contributed by atoms with van der Waals surface area (Å²) in [6, 6.07) is 16.0. The number of aliphatic carboxylic acids is 1. The first kappa shape index (κ1) is 13.9. The summed E-state index contributed by atoms with van der Waals surface area (Å²) in [5, 5.41) is 10.1. The van der Waals surface area contributed by atoms with E-state index in [1.54, 1.807) is 0 Å². The quantitative estimate of drug-likeness (QED) is 0.726. The molecular weight excluding hydrogens is 330 g/mol. The van der Waals surface area contributed by atoms with Crippen LogP contribution in [-0.4, -0.2) is 16.1 Å². The Bertz CT molecular complexity index is 793. The minimum Gasteiger partial charge on any atom is -0.481 e. The second kappa shape index (κ2) is 5.74. The molecular formula is C17H14BrNO2. The molecule has 4 heteroatoms. The van der Waals surface area contributed by atoms with Crippen molar-refractivity contribution in [2.24, 2.45) is 0 Å². The number of aromatic nitrogens is 1. The fourth-order valence-corrected chi connectivity index (χ4v) is 3.05. The van der Waals surface area contributed by atoms with Gasteiger partial charge in [0.25, 0.3) is 0 Å². The number of hydrogen-bond donors (Lipinski definition) is 2. The maximum absolute atomic E-state index is 10.9. The summed E-state index contributed by atoms with van der Waals surface area (Å²) in [4.78, 5) is 14.4. The van der Waals surface area contributed by atoms with Crippen LogP contribution < -0.4 is 0 Å². The van der Waals surface area contributed by atoms with Crippen molar-refractivity contribution in [1.29, 1.82) is 0 Å². The van der Waals surface area contributed by atoms with Gasteiger partial charge in [0, 0.05) is 22.0 Å². The Hall–Kier alpha value is -2.07. The van der Waals surface area contributed by atoms with Gasteiger partial charge in [-0.15, -0.1) is 0 Å². The van der Waals surface area contributed by atoms with E-state index in [0.717, 1.165) is 32.2 Å². The number of aryl methyl sites for hydroxylation is 1. The molecule has 0 aliphatic heterocycles. The van der Waals surface area contributed by atoms with Gasteiger partial charge < -0.3 is 10.1 Å². The average molecular weight is 344 g/mol. The highest BCUT2D eigenvalue weighted by atomic mass is 79.9. The predicted octanol–water partition coefficient (Wildman–Crippen LogP) is 4.61. The minimum absolute atomic E-state index is 0.124. The number of aromatic amines is 1. The van der Waals surface area contributed by atoms with Crippen molar-refractivity contribution < 1.29 is 9.90 Å². The molecule has 2 aromatic carbocycles. The van der Waals surface area contributed by atoms with Gasteiger partial charge in [-0.3, -0.25) is 4.79 Å². The second-order valence-corrected chi connectivity index (χ2v) is 5.76. The van der Waals surface area contributed by atoms with Gasteiger partial charge in [0.15, 0.2) is 0 Å².